The van der Waals surface area contributed by atoms with E-state index < -0.39 is 0 Å². The lowest BCUT2D eigenvalue weighted by molar-refractivity contribution is -0.141. The normalized spacial score (nSPS) is 31.1. The van der Waals surface area contributed by atoms with E-state index >= 15 is 0 Å². The number of piperidine rings is 1. The molecule has 2 heterocycles. The average molecular weight is 225 g/mol. The molecule has 16 heavy (non-hydrogen) atoms. The van der Waals surface area contributed by atoms with Crippen LogP contribution in [0.3, 0.4) is 0 Å². The van der Waals surface area contributed by atoms with Crippen molar-refractivity contribution in [2.24, 2.45) is 5.92 Å². The lowest BCUT2D eigenvalue weighted by atomic mass is 9.91. The van der Waals surface area contributed by atoms with Gasteiger partial charge in [-0.25, -0.2) is 0 Å². The molecular formula is C11H19N3O2. The zero-order valence-corrected chi connectivity index (χ0v) is 9.66. The Bertz CT molecular complexity index is 293. The molecule has 2 unspecified atom stereocenters. The Morgan fingerprint density at radius 1 is 1.44 bits per heavy atom. The summed E-state index contributed by atoms with van der Waals surface area (Å²) in [5, 5.41) is 5.99. The molecule has 2 aliphatic rings. The van der Waals surface area contributed by atoms with Gasteiger partial charge in [0.15, 0.2) is 0 Å². The Balaban J connectivity index is 1.97. The third-order valence-corrected chi connectivity index (χ3v) is 3.39. The van der Waals surface area contributed by atoms with E-state index in [1.54, 1.807) is 4.90 Å². The maximum Gasteiger partial charge on any atom is 0.240 e. The van der Waals surface area contributed by atoms with Crippen molar-refractivity contribution in [1.82, 2.24) is 15.5 Å². The summed E-state index contributed by atoms with van der Waals surface area (Å²) in [6.07, 6.45) is 2.22. The van der Waals surface area contributed by atoms with Crippen molar-refractivity contribution in [3.63, 3.8) is 0 Å². The second-order valence-corrected chi connectivity index (χ2v) is 4.66. The Morgan fingerprint density at radius 3 is 2.94 bits per heavy atom. The zero-order valence-electron chi connectivity index (χ0n) is 9.66. The van der Waals surface area contributed by atoms with Crippen LogP contribution in [0.2, 0.25) is 0 Å². The van der Waals surface area contributed by atoms with Gasteiger partial charge in [0.05, 0.1) is 12.6 Å². The van der Waals surface area contributed by atoms with E-state index in [0.29, 0.717) is 19.0 Å². The predicted octanol–water partition coefficient (Wildman–Crippen LogP) is -0.667. The molecule has 2 aliphatic heterocycles. The molecule has 5 heteroatoms. The molecule has 5 nitrogen and oxygen atoms in total. The summed E-state index contributed by atoms with van der Waals surface area (Å²) in [5.74, 6) is 0.399. The highest BCUT2D eigenvalue weighted by atomic mass is 16.2. The molecular weight excluding hydrogens is 206 g/mol. The fourth-order valence-corrected chi connectivity index (χ4v) is 2.40. The van der Waals surface area contributed by atoms with Crippen LogP contribution in [0.5, 0.6) is 0 Å². The number of nitrogens with zero attached hydrogens (tertiary/aromatic N) is 1. The predicted molar refractivity (Wildman–Crippen MR) is 59.8 cm³/mol. The summed E-state index contributed by atoms with van der Waals surface area (Å²) in [7, 11) is 0. The summed E-state index contributed by atoms with van der Waals surface area (Å²) in [6, 6.07) is -0.0975. The van der Waals surface area contributed by atoms with Crippen LogP contribution < -0.4 is 10.6 Å². The van der Waals surface area contributed by atoms with Crippen LogP contribution in [-0.2, 0) is 9.59 Å². The fraction of sp³-hybridized carbons (Fsp3) is 0.818. The SMILES string of the molecule is CC1CCCNC1C(=O)N1CCNC(=O)C1. The van der Waals surface area contributed by atoms with Gasteiger partial charge >= 0.3 is 0 Å². The number of piperazine rings is 1. The van der Waals surface area contributed by atoms with Crippen LogP contribution in [0.4, 0.5) is 0 Å². The first-order valence-corrected chi connectivity index (χ1v) is 5.97. The molecule has 90 valence electrons. The smallest absolute Gasteiger partial charge is 0.240 e. The van der Waals surface area contributed by atoms with Crippen LogP contribution in [-0.4, -0.2) is 48.9 Å². The summed E-state index contributed by atoms with van der Waals surface area (Å²) in [4.78, 5) is 25.1. The van der Waals surface area contributed by atoms with Crippen molar-refractivity contribution in [1.29, 1.82) is 0 Å². The fourth-order valence-electron chi connectivity index (χ4n) is 2.40. The van der Waals surface area contributed by atoms with Crippen molar-refractivity contribution >= 4 is 11.8 Å². The van der Waals surface area contributed by atoms with Gasteiger partial charge < -0.3 is 15.5 Å². The molecule has 2 atom stereocenters. The first kappa shape index (κ1) is 11.4. The Kier molecular flexibility index (Phi) is 3.43. The van der Waals surface area contributed by atoms with Gasteiger partial charge in [0.25, 0.3) is 0 Å². The molecule has 2 saturated heterocycles. The highest BCUT2D eigenvalue weighted by Crippen LogP contribution is 2.17. The number of amides is 2. The molecule has 0 aromatic rings. The number of hydrogen-bond acceptors (Lipinski definition) is 3. The summed E-state index contributed by atoms with van der Waals surface area (Å²) >= 11 is 0. The highest BCUT2D eigenvalue weighted by Gasteiger charge is 2.32. The Labute approximate surface area is 95.6 Å². The van der Waals surface area contributed by atoms with Crippen molar-refractivity contribution in [2.75, 3.05) is 26.2 Å². The van der Waals surface area contributed by atoms with E-state index in [-0.39, 0.29) is 24.4 Å². The molecule has 0 saturated carbocycles. The molecule has 2 amide bonds. The standard InChI is InChI=1S/C11H19N3O2/c1-8-3-2-4-13-10(8)11(16)14-6-5-12-9(15)7-14/h8,10,13H,2-7H2,1H3,(H,12,15). The molecule has 0 spiro atoms. The van der Waals surface area contributed by atoms with Gasteiger partial charge in [-0.1, -0.05) is 6.92 Å². The zero-order chi connectivity index (χ0) is 11.5. The summed E-state index contributed by atoms with van der Waals surface area (Å²) in [5.41, 5.74) is 0. The van der Waals surface area contributed by atoms with E-state index in [0.717, 1.165) is 19.4 Å². The summed E-state index contributed by atoms with van der Waals surface area (Å²) < 4.78 is 0. The third kappa shape index (κ3) is 2.35. The monoisotopic (exact) mass is 225 g/mol. The van der Waals surface area contributed by atoms with Gasteiger partial charge in [-0.3, -0.25) is 9.59 Å². The maximum absolute atomic E-state index is 12.2. The summed E-state index contributed by atoms with van der Waals surface area (Å²) in [6.45, 7) is 4.42. The first-order chi connectivity index (χ1) is 7.68. The second-order valence-electron chi connectivity index (χ2n) is 4.66. The number of hydrogen-bond donors (Lipinski definition) is 2. The molecule has 0 bridgehead atoms. The molecule has 2 N–H and O–H groups in total. The topological polar surface area (TPSA) is 61.4 Å². The van der Waals surface area contributed by atoms with Crippen LogP contribution in [0.15, 0.2) is 0 Å². The van der Waals surface area contributed by atoms with Crippen LogP contribution >= 0.6 is 0 Å². The number of nitrogens with one attached hydrogen (secondary N) is 2. The minimum Gasteiger partial charge on any atom is -0.353 e. The van der Waals surface area contributed by atoms with Crippen molar-refractivity contribution in [2.45, 2.75) is 25.8 Å². The lowest BCUT2D eigenvalue weighted by Gasteiger charge is -2.35. The van der Waals surface area contributed by atoms with E-state index in [1.165, 1.54) is 0 Å². The Hall–Kier alpha value is -1.10. The molecule has 0 aromatic heterocycles. The number of carbonyl (C=O) groups is 2. The van der Waals surface area contributed by atoms with Gasteiger partial charge in [0, 0.05) is 13.1 Å². The molecule has 0 aromatic carbocycles. The van der Waals surface area contributed by atoms with Gasteiger partial charge in [0.2, 0.25) is 11.8 Å². The van der Waals surface area contributed by atoms with Crippen molar-refractivity contribution in [3.8, 4) is 0 Å². The van der Waals surface area contributed by atoms with Gasteiger partial charge in [-0.05, 0) is 25.3 Å². The quantitative estimate of drug-likeness (QED) is 0.622. The van der Waals surface area contributed by atoms with Crippen LogP contribution in [0, 0.1) is 5.92 Å². The minimum absolute atomic E-state index is 0.0527. The lowest BCUT2D eigenvalue weighted by Crippen LogP contribution is -2.57. The average Bonchev–Trinajstić information content (AvgIpc) is 2.29. The van der Waals surface area contributed by atoms with E-state index in [4.69, 9.17) is 0 Å². The van der Waals surface area contributed by atoms with E-state index in [9.17, 15) is 9.59 Å². The molecule has 2 fully saturated rings. The molecule has 0 radical (unpaired) electrons. The van der Waals surface area contributed by atoms with Crippen molar-refractivity contribution in [3.05, 3.63) is 0 Å². The maximum atomic E-state index is 12.2. The first-order valence-electron chi connectivity index (χ1n) is 5.97. The highest BCUT2D eigenvalue weighted by molar-refractivity contribution is 5.88. The van der Waals surface area contributed by atoms with Crippen molar-refractivity contribution < 1.29 is 9.59 Å². The molecule has 2 rings (SSSR count). The van der Waals surface area contributed by atoms with Gasteiger partial charge in [-0.2, -0.15) is 0 Å². The largest absolute Gasteiger partial charge is 0.353 e. The number of carbonyl (C=O) groups excluding carboxylic acids is 2. The van der Waals surface area contributed by atoms with Crippen LogP contribution in [0.25, 0.3) is 0 Å². The van der Waals surface area contributed by atoms with E-state index in [2.05, 4.69) is 17.6 Å². The van der Waals surface area contributed by atoms with Gasteiger partial charge in [-0.15, -0.1) is 0 Å². The van der Waals surface area contributed by atoms with E-state index in [1.807, 2.05) is 0 Å². The Morgan fingerprint density at radius 2 is 2.25 bits per heavy atom. The number of rotatable bonds is 1. The van der Waals surface area contributed by atoms with Crippen LogP contribution in [0.1, 0.15) is 19.8 Å². The molecule has 0 aliphatic carbocycles. The second kappa shape index (κ2) is 4.82. The third-order valence-electron chi connectivity index (χ3n) is 3.39. The van der Waals surface area contributed by atoms with Gasteiger partial charge in [0.1, 0.15) is 0 Å². The minimum atomic E-state index is -0.0975.